The van der Waals surface area contributed by atoms with Crippen LogP contribution in [0.5, 0.6) is 5.75 Å². The maximum absolute atomic E-state index is 12.8. The molecule has 1 aromatic heterocycles. The third-order valence-corrected chi connectivity index (χ3v) is 5.72. The minimum atomic E-state index is -0.666. The van der Waals surface area contributed by atoms with E-state index in [4.69, 9.17) is 9.15 Å². The Bertz CT molecular complexity index is 1020. The van der Waals surface area contributed by atoms with Gasteiger partial charge in [-0.2, -0.15) is 0 Å². The van der Waals surface area contributed by atoms with Crippen molar-refractivity contribution in [1.29, 1.82) is 0 Å². The zero-order valence-corrected chi connectivity index (χ0v) is 20.9. The van der Waals surface area contributed by atoms with Crippen LogP contribution in [0, 0.1) is 10.8 Å². The van der Waals surface area contributed by atoms with E-state index in [1.165, 1.54) is 18.2 Å². The molecule has 0 fully saturated rings. The second-order valence-electron chi connectivity index (χ2n) is 8.19. The van der Waals surface area contributed by atoms with E-state index in [9.17, 15) is 24.5 Å². The van der Waals surface area contributed by atoms with Crippen LogP contribution in [0.15, 0.2) is 39.9 Å². The van der Waals surface area contributed by atoms with Crippen LogP contribution in [-0.2, 0) is 9.59 Å². The molecule has 0 radical (unpaired) electrons. The Kier molecular flexibility index (Phi) is 11.6. The molecule has 3 amide bonds. The van der Waals surface area contributed by atoms with E-state index >= 15 is 0 Å². The molecular formula is C25H34N4O7. The van der Waals surface area contributed by atoms with Gasteiger partial charge in [-0.15, -0.1) is 4.91 Å². The van der Waals surface area contributed by atoms with Gasteiger partial charge in [0.25, 0.3) is 5.91 Å². The molecule has 0 aliphatic rings. The molecule has 1 heterocycles. The molecule has 3 N–H and O–H groups in total. The fraction of sp³-hybridized carbons (Fsp3) is 0.480. The number of benzene rings is 1. The van der Waals surface area contributed by atoms with Crippen LogP contribution < -0.4 is 15.4 Å². The second kappa shape index (κ2) is 14.6. The van der Waals surface area contributed by atoms with Gasteiger partial charge in [-0.25, -0.2) is 5.06 Å². The molecule has 0 bridgehead atoms. The number of rotatable bonds is 16. The molecule has 36 heavy (non-hydrogen) atoms. The zero-order chi connectivity index (χ0) is 26.5. The summed E-state index contributed by atoms with van der Waals surface area (Å²) in [4.78, 5) is 47.4. The van der Waals surface area contributed by atoms with Crippen LogP contribution in [-0.4, -0.2) is 47.8 Å². The summed E-state index contributed by atoms with van der Waals surface area (Å²) in [5, 5.41) is 18.6. The van der Waals surface area contributed by atoms with Gasteiger partial charge >= 0.3 is 0 Å². The maximum Gasteiger partial charge on any atom is 0.288 e. The number of carbonyl (C=O) groups is 3. The van der Waals surface area contributed by atoms with Crippen molar-refractivity contribution < 1.29 is 28.7 Å². The zero-order valence-electron chi connectivity index (χ0n) is 20.9. The predicted octanol–water partition coefficient (Wildman–Crippen LogP) is 4.37. The minimum absolute atomic E-state index is 0.00935. The van der Waals surface area contributed by atoms with E-state index in [0.717, 1.165) is 19.3 Å². The number of nitrogens with zero attached hydrogens (tertiary/aromatic N) is 2. The Balaban J connectivity index is 2.02. The van der Waals surface area contributed by atoms with Crippen LogP contribution in [0.3, 0.4) is 0 Å². The van der Waals surface area contributed by atoms with Gasteiger partial charge in [0, 0.05) is 11.6 Å². The van der Waals surface area contributed by atoms with Crippen LogP contribution in [0.4, 0.5) is 5.69 Å². The number of nitroso groups, excluding NO2 is 1. The van der Waals surface area contributed by atoms with E-state index in [0.29, 0.717) is 48.0 Å². The molecule has 2 aromatic rings. The first-order valence-corrected chi connectivity index (χ1v) is 12.1. The van der Waals surface area contributed by atoms with Crippen molar-refractivity contribution in [1.82, 2.24) is 15.7 Å². The van der Waals surface area contributed by atoms with Crippen LogP contribution in [0.25, 0.3) is 11.3 Å². The maximum atomic E-state index is 12.8. The summed E-state index contributed by atoms with van der Waals surface area (Å²) < 4.78 is 11.1. The van der Waals surface area contributed by atoms with Crippen molar-refractivity contribution in [3.63, 3.8) is 0 Å². The van der Waals surface area contributed by atoms with Gasteiger partial charge in [-0.1, -0.05) is 33.1 Å². The van der Waals surface area contributed by atoms with Crippen molar-refractivity contribution in [3.05, 3.63) is 41.0 Å². The monoisotopic (exact) mass is 502 g/mol. The summed E-state index contributed by atoms with van der Waals surface area (Å²) in [6, 6.07) is 7.08. The number of amides is 3. The molecule has 1 aromatic carbocycles. The highest BCUT2D eigenvalue weighted by Crippen LogP contribution is 2.31. The highest BCUT2D eigenvalue weighted by Gasteiger charge is 2.30. The number of carbonyl (C=O) groups excluding carboxylic acids is 3. The molecule has 0 saturated carbocycles. The molecule has 11 heteroatoms. The highest BCUT2D eigenvalue weighted by atomic mass is 16.5. The first-order valence-electron chi connectivity index (χ1n) is 12.1. The van der Waals surface area contributed by atoms with Crippen molar-refractivity contribution in [2.75, 3.05) is 13.3 Å². The van der Waals surface area contributed by atoms with Crippen molar-refractivity contribution in [2.24, 2.45) is 11.1 Å². The lowest BCUT2D eigenvalue weighted by Gasteiger charge is -2.29. The average Bonchev–Trinajstić information content (AvgIpc) is 3.38. The number of unbranched alkanes of at least 4 members (excludes halogenated alkanes) is 2. The van der Waals surface area contributed by atoms with Crippen LogP contribution >= 0.6 is 0 Å². The lowest BCUT2D eigenvalue weighted by molar-refractivity contribution is -0.168. The lowest BCUT2D eigenvalue weighted by atomic mass is 9.90. The van der Waals surface area contributed by atoms with Crippen molar-refractivity contribution in [2.45, 2.75) is 58.9 Å². The Hall–Kier alpha value is -3.73. The first kappa shape index (κ1) is 28.5. The summed E-state index contributed by atoms with van der Waals surface area (Å²) in [5.74, 6) is -0.750. The summed E-state index contributed by atoms with van der Waals surface area (Å²) in [6.07, 6.45) is 3.84. The predicted molar refractivity (Wildman–Crippen MR) is 133 cm³/mol. The number of hydrogen-bond acceptors (Lipinski definition) is 8. The third-order valence-electron chi connectivity index (χ3n) is 5.72. The fourth-order valence-corrected chi connectivity index (χ4v) is 3.92. The van der Waals surface area contributed by atoms with Gasteiger partial charge in [0.1, 0.15) is 17.2 Å². The summed E-state index contributed by atoms with van der Waals surface area (Å²) in [5.41, 5.74) is 0.683. The minimum Gasteiger partial charge on any atom is -0.494 e. The molecule has 196 valence electrons. The van der Waals surface area contributed by atoms with E-state index in [2.05, 4.69) is 15.8 Å². The first-order chi connectivity index (χ1) is 17.4. The topological polar surface area (TPSA) is 151 Å². The van der Waals surface area contributed by atoms with E-state index in [-0.39, 0.29) is 24.0 Å². The Morgan fingerprint density at radius 3 is 2.58 bits per heavy atom. The molecule has 0 aliphatic heterocycles. The van der Waals surface area contributed by atoms with Crippen LogP contribution in [0.2, 0.25) is 0 Å². The Labute approximate surface area is 210 Å². The molecule has 0 unspecified atom stereocenters. The molecule has 2 rings (SSSR count). The molecule has 11 nitrogen and oxygen atoms in total. The summed E-state index contributed by atoms with van der Waals surface area (Å²) >= 11 is 0. The van der Waals surface area contributed by atoms with E-state index in [1.54, 1.807) is 19.1 Å². The van der Waals surface area contributed by atoms with Crippen molar-refractivity contribution >= 4 is 23.9 Å². The van der Waals surface area contributed by atoms with Crippen LogP contribution in [0.1, 0.15) is 63.4 Å². The third kappa shape index (κ3) is 7.91. The second-order valence-corrected chi connectivity index (χ2v) is 8.19. The number of nitrogens with one attached hydrogen (secondary N) is 2. The smallest absolute Gasteiger partial charge is 0.288 e. The summed E-state index contributed by atoms with van der Waals surface area (Å²) in [7, 11) is 0. The highest BCUT2D eigenvalue weighted by molar-refractivity contribution is 5.92. The molecule has 0 saturated heterocycles. The Morgan fingerprint density at radius 1 is 1.17 bits per heavy atom. The molecule has 0 spiro atoms. The molecular weight excluding hydrogens is 468 g/mol. The number of ether oxygens (including phenoxy) is 1. The SMILES string of the molecule is CCCCC[C@@H](C(=O)NCNC(=O)c1ccc(-c2cc(N=O)cc(OCC)c2)o1)[C@@H](CC)N(O)C=O. The Morgan fingerprint density at radius 2 is 1.94 bits per heavy atom. The fourth-order valence-electron chi connectivity index (χ4n) is 3.92. The van der Waals surface area contributed by atoms with Gasteiger partial charge in [0.2, 0.25) is 12.3 Å². The summed E-state index contributed by atoms with van der Waals surface area (Å²) in [6.45, 7) is 5.88. The van der Waals surface area contributed by atoms with Gasteiger partial charge in [0.15, 0.2) is 5.76 Å². The van der Waals surface area contributed by atoms with Crippen molar-refractivity contribution in [3.8, 4) is 17.1 Å². The number of hydroxylamine groups is 2. The van der Waals surface area contributed by atoms with Gasteiger partial charge < -0.3 is 19.8 Å². The van der Waals surface area contributed by atoms with Gasteiger partial charge in [-0.05, 0) is 49.2 Å². The lowest BCUT2D eigenvalue weighted by Crippen LogP contribution is -2.47. The number of furan rings is 1. The van der Waals surface area contributed by atoms with Gasteiger partial charge in [-0.3, -0.25) is 19.6 Å². The van der Waals surface area contributed by atoms with Gasteiger partial charge in [0.05, 0.1) is 25.2 Å². The number of hydrogen-bond donors (Lipinski definition) is 3. The molecule has 2 atom stereocenters. The quantitative estimate of drug-likeness (QED) is 0.0770. The molecule has 0 aliphatic carbocycles. The normalized spacial score (nSPS) is 12.3. The largest absolute Gasteiger partial charge is 0.494 e. The van der Waals surface area contributed by atoms with E-state index < -0.39 is 17.9 Å². The standard InChI is InChI=1S/C25H34N4O7/c1-4-7-8-9-20(21(5-2)29(34)16-30)24(31)26-15-27-25(32)23-11-10-22(36-23)17-12-18(28-33)14-19(13-17)35-6-3/h10-14,16,20-21,34H,4-9,15H2,1-3H3,(H,26,31)(H,27,32)/t20-,21-/m1/s1. The van der Waals surface area contributed by atoms with E-state index in [1.807, 2.05) is 13.8 Å². The average molecular weight is 503 g/mol.